The van der Waals surface area contributed by atoms with Crippen LogP contribution in [-0.2, 0) is 9.47 Å². The van der Waals surface area contributed by atoms with Gasteiger partial charge >= 0.3 is 0 Å². The van der Waals surface area contributed by atoms with Crippen LogP contribution in [0.3, 0.4) is 0 Å². The molecule has 0 saturated carbocycles. The van der Waals surface area contributed by atoms with Crippen molar-refractivity contribution < 1.29 is 9.47 Å². The van der Waals surface area contributed by atoms with Gasteiger partial charge in [-0.2, -0.15) is 0 Å². The second-order valence-corrected chi connectivity index (χ2v) is 4.92. The first-order valence-corrected chi connectivity index (χ1v) is 5.90. The Bertz CT molecular complexity index is 143. The summed E-state index contributed by atoms with van der Waals surface area (Å²) >= 11 is 0. The Morgan fingerprint density at radius 1 is 1.13 bits per heavy atom. The van der Waals surface area contributed by atoms with Crippen molar-refractivity contribution in [2.24, 2.45) is 0 Å². The summed E-state index contributed by atoms with van der Waals surface area (Å²) in [5.41, 5.74) is 0.163. The lowest BCUT2D eigenvalue weighted by molar-refractivity contribution is 0.0109. The smallest absolute Gasteiger partial charge is 0.0704 e. The Morgan fingerprint density at radius 3 is 2.33 bits per heavy atom. The Kier molecular flexibility index (Phi) is 8.02. The van der Waals surface area contributed by atoms with Crippen LogP contribution in [0.15, 0.2) is 0 Å². The molecule has 1 atom stereocenters. The average molecular weight is 217 g/mol. The van der Waals surface area contributed by atoms with Crippen molar-refractivity contribution in [1.82, 2.24) is 5.32 Å². The van der Waals surface area contributed by atoms with Gasteiger partial charge in [0, 0.05) is 18.7 Å². The zero-order valence-corrected chi connectivity index (χ0v) is 10.9. The van der Waals surface area contributed by atoms with E-state index in [1.807, 2.05) is 0 Å². The minimum Gasteiger partial charge on any atom is -0.379 e. The SMILES string of the molecule is CCCOCCOC(C)CNC(C)(C)C. The zero-order valence-electron chi connectivity index (χ0n) is 10.9. The monoisotopic (exact) mass is 217 g/mol. The summed E-state index contributed by atoms with van der Waals surface area (Å²) in [4.78, 5) is 0. The zero-order chi connectivity index (χ0) is 11.7. The van der Waals surface area contributed by atoms with E-state index in [9.17, 15) is 0 Å². The number of hydrogen-bond acceptors (Lipinski definition) is 3. The summed E-state index contributed by atoms with van der Waals surface area (Å²) in [5, 5.41) is 3.41. The van der Waals surface area contributed by atoms with Crippen molar-refractivity contribution in [1.29, 1.82) is 0 Å². The number of nitrogens with one attached hydrogen (secondary N) is 1. The van der Waals surface area contributed by atoms with Crippen molar-refractivity contribution in [3.05, 3.63) is 0 Å². The van der Waals surface area contributed by atoms with Gasteiger partial charge in [-0.3, -0.25) is 0 Å². The van der Waals surface area contributed by atoms with E-state index >= 15 is 0 Å². The fraction of sp³-hybridized carbons (Fsp3) is 1.00. The number of rotatable bonds is 8. The molecule has 1 N–H and O–H groups in total. The minimum atomic E-state index is 0.163. The van der Waals surface area contributed by atoms with Crippen LogP contribution < -0.4 is 5.32 Å². The van der Waals surface area contributed by atoms with Crippen molar-refractivity contribution >= 4 is 0 Å². The molecule has 0 spiro atoms. The van der Waals surface area contributed by atoms with Crippen LogP contribution in [0.1, 0.15) is 41.0 Å². The molecular weight excluding hydrogens is 190 g/mol. The topological polar surface area (TPSA) is 30.5 Å². The minimum absolute atomic E-state index is 0.163. The van der Waals surface area contributed by atoms with Gasteiger partial charge in [-0.1, -0.05) is 6.92 Å². The largest absolute Gasteiger partial charge is 0.379 e. The van der Waals surface area contributed by atoms with Gasteiger partial charge in [-0.25, -0.2) is 0 Å². The van der Waals surface area contributed by atoms with E-state index in [1.165, 1.54) is 0 Å². The Labute approximate surface area is 94.5 Å². The first kappa shape index (κ1) is 14.9. The fourth-order valence-electron chi connectivity index (χ4n) is 1.06. The lowest BCUT2D eigenvalue weighted by Gasteiger charge is -2.23. The maximum absolute atomic E-state index is 5.60. The molecule has 0 aromatic rings. The highest BCUT2D eigenvalue weighted by molar-refractivity contribution is 4.71. The van der Waals surface area contributed by atoms with E-state index in [0.717, 1.165) is 19.6 Å². The molecular formula is C12H27NO2. The quantitative estimate of drug-likeness (QED) is 0.632. The molecule has 3 heteroatoms. The standard InChI is InChI=1S/C12H27NO2/c1-6-7-14-8-9-15-11(2)10-13-12(3,4)5/h11,13H,6-10H2,1-5H3. The highest BCUT2D eigenvalue weighted by atomic mass is 16.5. The van der Waals surface area contributed by atoms with Crippen LogP contribution >= 0.6 is 0 Å². The van der Waals surface area contributed by atoms with E-state index in [1.54, 1.807) is 0 Å². The van der Waals surface area contributed by atoms with Crippen LogP contribution in [0.4, 0.5) is 0 Å². The van der Waals surface area contributed by atoms with Gasteiger partial charge < -0.3 is 14.8 Å². The molecule has 0 aromatic heterocycles. The van der Waals surface area contributed by atoms with Crippen LogP contribution in [0.5, 0.6) is 0 Å². The second-order valence-electron chi connectivity index (χ2n) is 4.92. The molecule has 0 rings (SSSR count). The first-order valence-electron chi connectivity index (χ1n) is 5.90. The number of ether oxygens (including phenoxy) is 2. The third-order valence-electron chi connectivity index (χ3n) is 1.90. The molecule has 0 amide bonds. The lowest BCUT2D eigenvalue weighted by Crippen LogP contribution is -2.41. The fourth-order valence-corrected chi connectivity index (χ4v) is 1.06. The van der Waals surface area contributed by atoms with Crippen LogP contribution in [0.2, 0.25) is 0 Å². The molecule has 0 aromatic carbocycles. The maximum Gasteiger partial charge on any atom is 0.0704 e. The van der Waals surface area contributed by atoms with E-state index in [0.29, 0.717) is 13.2 Å². The molecule has 0 radical (unpaired) electrons. The lowest BCUT2D eigenvalue weighted by atomic mass is 10.1. The molecule has 0 heterocycles. The summed E-state index contributed by atoms with van der Waals surface area (Å²) in [5.74, 6) is 0. The third kappa shape index (κ3) is 11.8. The van der Waals surface area contributed by atoms with Crippen LogP contribution in [0.25, 0.3) is 0 Å². The normalized spacial score (nSPS) is 14.2. The summed E-state index contributed by atoms with van der Waals surface area (Å²) in [6.07, 6.45) is 1.32. The first-order chi connectivity index (χ1) is 6.95. The molecule has 0 aliphatic heterocycles. The molecule has 92 valence electrons. The number of hydrogen-bond donors (Lipinski definition) is 1. The molecule has 1 unspecified atom stereocenters. The summed E-state index contributed by atoms with van der Waals surface area (Å²) in [6, 6.07) is 0. The van der Waals surface area contributed by atoms with Crippen molar-refractivity contribution in [3.63, 3.8) is 0 Å². The third-order valence-corrected chi connectivity index (χ3v) is 1.90. The predicted octanol–water partition coefficient (Wildman–Crippen LogP) is 2.21. The van der Waals surface area contributed by atoms with E-state index < -0.39 is 0 Å². The average Bonchev–Trinajstić information content (AvgIpc) is 2.13. The van der Waals surface area contributed by atoms with Gasteiger partial charge in [-0.15, -0.1) is 0 Å². The van der Waals surface area contributed by atoms with Crippen LogP contribution in [0, 0.1) is 0 Å². The van der Waals surface area contributed by atoms with Gasteiger partial charge in [0.15, 0.2) is 0 Å². The van der Waals surface area contributed by atoms with Gasteiger partial charge in [0.2, 0.25) is 0 Å². The predicted molar refractivity (Wildman–Crippen MR) is 64.3 cm³/mol. The molecule has 3 nitrogen and oxygen atoms in total. The van der Waals surface area contributed by atoms with Crippen molar-refractivity contribution in [2.75, 3.05) is 26.4 Å². The molecule has 0 fully saturated rings. The van der Waals surface area contributed by atoms with Gasteiger partial charge in [0.25, 0.3) is 0 Å². The molecule has 15 heavy (non-hydrogen) atoms. The Balaban J connectivity index is 3.30. The summed E-state index contributed by atoms with van der Waals surface area (Å²) in [7, 11) is 0. The highest BCUT2D eigenvalue weighted by Gasteiger charge is 2.10. The van der Waals surface area contributed by atoms with Crippen molar-refractivity contribution in [3.8, 4) is 0 Å². The summed E-state index contributed by atoms with van der Waals surface area (Å²) < 4.78 is 10.9. The Hall–Kier alpha value is -0.120. The second kappa shape index (κ2) is 8.08. The molecule has 0 aliphatic rings. The van der Waals surface area contributed by atoms with E-state index in [-0.39, 0.29) is 11.6 Å². The van der Waals surface area contributed by atoms with E-state index in [2.05, 4.69) is 39.9 Å². The molecule has 0 bridgehead atoms. The molecule has 0 aliphatic carbocycles. The van der Waals surface area contributed by atoms with Gasteiger partial charge in [0.05, 0.1) is 19.3 Å². The van der Waals surface area contributed by atoms with E-state index in [4.69, 9.17) is 9.47 Å². The summed E-state index contributed by atoms with van der Waals surface area (Å²) in [6.45, 7) is 13.8. The Morgan fingerprint density at radius 2 is 1.80 bits per heavy atom. The molecule has 0 saturated heterocycles. The highest BCUT2D eigenvalue weighted by Crippen LogP contribution is 1.99. The van der Waals surface area contributed by atoms with Crippen LogP contribution in [-0.4, -0.2) is 38.0 Å². The van der Waals surface area contributed by atoms with Gasteiger partial charge in [0.1, 0.15) is 0 Å². The van der Waals surface area contributed by atoms with Crippen molar-refractivity contribution in [2.45, 2.75) is 52.7 Å². The maximum atomic E-state index is 5.60. The van der Waals surface area contributed by atoms with Gasteiger partial charge in [-0.05, 0) is 34.1 Å².